The second-order valence-electron chi connectivity index (χ2n) is 3.31. The third kappa shape index (κ3) is 5.51. The van der Waals surface area contributed by atoms with Crippen molar-refractivity contribution in [3.63, 3.8) is 0 Å². The fourth-order valence-electron chi connectivity index (χ4n) is 1.08. The average Bonchev–Trinajstić information content (AvgIpc) is 2.33. The van der Waals surface area contributed by atoms with Crippen LogP contribution in [0.25, 0.3) is 6.08 Å². The molecule has 0 saturated heterocycles. The van der Waals surface area contributed by atoms with Gasteiger partial charge in [-0.1, -0.05) is 29.3 Å². The van der Waals surface area contributed by atoms with Gasteiger partial charge in [-0.25, -0.2) is 5.48 Å². The number of carbonyl (C=O) groups is 1. The molecule has 0 aromatic heterocycles. The Kier molecular flexibility index (Phi) is 6.75. The summed E-state index contributed by atoms with van der Waals surface area (Å²) >= 11 is 11.7. The van der Waals surface area contributed by atoms with Crippen LogP contribution in [0.15, 0.2) is 24.3 Å². The molecule has 0 atom stereocenters. The first kappa shape index (κ1) is 15.0. The van der Waals surface area contributed by atoms with Crippen molar-refractivity contribution in [2.24, 2.45) is 0 Å². The lowest BCUT2D eigenvalue weighted by atomic mass is 10.2. The summed E-state index contributed by atoms with van der Waals surface area (Å²) in [6.07, 6.45) is 2.90. The first-order chi connectivity index (χ1) is 8.63. The van der Waals surface area contributed by atoms with Crippen molar-refractivity contribution in [1.29, 1.82) is 0 Å². The van der Waals surface area contributed by atoms with Crippen molar-refractivity contribution in [1.82, 2.24) is 5.48 Å². The standard InChI is InChI=1S/C12H13Cl2NO3/c1-17-6-7-18-15-12(16)5-3-9-2-4-10(13)8-11(9)14/h2-5,8H,6-7H2,1H3,(H,15,16)/b5-3+. The zero-order valence-corrected chi connectivity index (χ0v) is 11.3. The molecule has 0 radical (unpaired) electrons. The maximum atomic E-state index is 11.3. The molecular weight excluding hydrogens is 277 g/mol. The fourth-order valence-corrected chi connectivity index (χ4v) is 1.55. The number of hydroxylamine groups is 1. The second-order valence-corrected chi connectivity index (χ2v) is 4.15. The van der Waals surface area contributed by atoms with Crippen LogP contribution >= 0.6 is 23.2 Å². The number of amides is 1. The van der Waals surface area contributed by atoms with Gasteiger partial charge < -0.3 is 4.74 Å². The molecular formula is C12H13Cl2NO3. The Balaban J connectivity index is 2.45. The lowest BCUT2D eigenvalue weighted by Gasteiger charge is -2.02. The van der Waals surface area contributed by atoms with Crippen LogP contribution in [0.4, 0.5) is 0 Å². The van der Waals surface area contributed by atoms with E-state index in [9.17, 15) is 4.79 Å². The minimum Gasteiger partial charge on any atom is -0.382 e. The Morgan fingerprint density at radius 1 is 1.39 bits per heavy atom. The summed E-state index contributed by atoms with van der Waals surface area (Å²) < 4.78 is 4.76. The molecule has 0 aliphatic rings. The molecule has 6 heteroatoms. The highest BCUT2D eigenvalue weighted by Gasteiger charge is 1.99. The van der Waals surface area contributed by atoms with Crippen LogP contribution < -0.4 is 5.48 Å². The van der Waals surface area contributed by atoms with Gasteiger partial charge in [0.2, 0.25) is 0 Å². The van der Waals surface area contributed by atoms with Crippen LogP contribution in [0.3, 0.4) is 0 Å². The summed E-state index contributed by atoms with van der Waals surface area (Å²) in [6, 6.07) is 5.02. The summed E-state index contributed by atoms with van der Waals surface area (Å²) in [5.74, 6) is -0.378. The Hall–Kier alpha value is -1.07. The van der Waals surface area contributed by atoms with Crippen LogP contribution in [-0.2, 0) is 14.4 Å². The lowest BCUT2D eigenvalue weighted by molar-refractivity contribution is -0.129. The van der Waals surface area contributed by atoms with Crippen LogP contribution in [0.2, 0.25) is 10.0 Å². The molecule has 1 N–H and O–H groups in total. The summed E-state index contributed by atoms with van der Waals surface area (Å²) in [6.45, 7) is 0.699. The van der Waals surface area contributed by atoms with Crippen molar-refractivity contribution in [2.75, 3.05) is 20.3 Å². The normalized spacial score (nSPS) is 10.8. The van der Waals surface area contributed by atoms with Gasteiger partial charge in [0.05, 0.1) is 13.2 Å². The van der Waals surface area contributed by atoms with Crippen molar-refractivity contribution >= 4 is 35.2 Å². The number of rotatable bonds is 6. The highest BCUT2D eigenvalue weighted by molar-refractivity contribution is 6.35. The number of nitrogens with one attached hydrogen (secondary N) is 1. The number of hydrogen-bond donors (Lipinski definition) is 1. The minimum absolute atomic E-state index is 0.289. The van der Waals surface area contributed by atoms with E-state index in [4.69, 9.17) is 32.8 Å². The molecule has 0 spiro atoms. The molecule has 0 saturated carbocycles. The lowest BCUT2D eigenvalue weighted by Crippen LogP contribution is -2.23. The number of hydrogen-bond acceptors (Lipinski definition) is 3. The largest absolute Gasteiger partial charge is 0.382 e. The summed E-state index contributed by atoms with van der Waals surface area (Å²) in [5, 5.41) is 1.02. The predicted molar refractivity (Wildman–Crippen MR) is 71.5 cm³/mol. The smallest absolute Gasteiger partial charge is 0.267 e. The summed E-state index contributed by atoms with van der Waals surface area (Å²) in [5.41, 5.74) is 2.95. The van der Waals surface area contributed by atoms with E-state index in [1.807, 2.05) is 0 Å². The molecule has 1 aromatic rings. The number of benzene rings is 1. The van der Waals surface area contributed by atoms with Crippen molar-refractivity contribution in [2.45, 2.75) is 0 Å². The Bertz CT molecular complexity index is 435. The number of methoxy groups -OCH3 is 1. The number of carbonyl (C=O) groups excluding carboxylic acids is 1. The third-order valence-electron chi connectivity index (χ3n) is 1.94. The Morgan fingerprint density at radius 2 is 2.17 bits per heavy atom. The van der Waals surface area contributed by atoms with Crippen molar-refractivity contribution < 1.29 is 14.4 Å². The molecule has 1 amide bonds. The van der Waals surface area contributed by atoms with Crippen molar-refractivity contribution in [3.05, 3.63) is 39.9 Å². The molecule has 0 unspecified atom stereocenters. The van der Waals surface area contributed by atoms with Gasteiger partial charge in [-0.2, -0.15) is 0 Å². The predicted octanol–water partition coefficient (Wildman–Crippen LogP) is 2.70. The van der Waals surface area contributed by atoms with Gasteiger partial charge in [-0.15, -0.1) is 0 Å². The van der Waals surface area contributed by atoms with Crippen LogP contribution in [-0.4, -0.2) is 26.2 Å². The summed E-state index contributed by atoms with van der Waals surface area (Å²) in [4.78, 5) is 16.2. The van der Waals surface area contributed by atoms with Gasteiger partial charge >= 0.3 is 0 Å². The topological polar surface area (TPSA) is 47.6 Å². The molecule has 0 heterocycles. The molecule has 0 aliphatic carbocycles. The third-order valence-corrected chi connectivity index (χ3v) is 2.50. The van der Waals surface area contributed by atoms with Crippen LogP contribution in [0.1, 0.15) is 5.56 Å². The molecule has 18 heavy (non-hydrogen) atoms. The van der Waals surface area contributed by atoms with Gasteiger partial charge in [0, 0.05) is 23.2 Å². The highest BCUT2D eigenvalue weighted by atomic mass is 35.5. The number of halogens is 2. The number of ether oxygens (including phenoxy) is 1. The van der Waals surface area contributed by atoms with Crippen LogP contribution in [0, 0.1) is 0 Å². The summed E-state index contributed by atoms with van der Waals surface area (Å²) in [7, 11) is 1.55. The van der Waals surface area contributed by atoms with E-state index in [1.54, 1.807) is 31.4 Å². The first-order valence-corrected chi connectivity index (χ1v) is 5.93. The van der Waals surface area contributed by atoms with Gasteiger partial charge in [-0.3, -0.25) is 9.63 Å². The molecule has 0 fully saturated rings. The van der Waals surface area contributed by atoms with Gasteiger partial charge in [-0.05, 0) is 23.8 Å². The monoisotopic (exact) mass is 289 g/mol. The quantitative estimate of drug-likeness (QED) is 0.498. The maximum absolute atomic E-state index is 11.3. The Labute approximate surface area is 115 Å². The zero-order valence-electron chi connectivity index (χ0n) is 9.78. The van der Waals surface area contributed by atoms with Gasteiger partial charge in [0.15, 0.2) is 0 Å². The van der Waals surface area contributed by atoms with E-state index in [0.717, 1.165) is 0 Å². The van der Waals surface area contributed by atoms with E-state index in [0.29, 0.717) is 22.2 Å². The van der Waals surface area contributed by atoms with E-state index in [-0.39, 0.29) is 12.5 Å². The van der Waals surface area contributed by atoms with Crippen molar-refractivity contribution in [3.8, 4) is 0 Å². The van der Waals surface area contributed by atoms with Gasteiger partial charge in [0.1, 0.15) is 0 Å². The maximum Gasteiger partial charge on any atom is 0.267 e. The fraction of sp³-hybridized carbons (Fsp3) is 0.250. The molecule has 4 nitrogen and oxygen atoms in total. The Morgan fingerprint density at radius 3 is 2.83 bits per heavy atom. The van der Waals surface area contributed by atoms with E-state index < -0.39 is 0 Å². The molecule has 1 aromatic carbocycles. The molecule has 0 aliphatic heterocycles. The minimum atomic E-state index is -0.378. The first-order valence-electron chi connectivity index (χ1n) is 5.17. The van der Waals surface area contributed by atoms with E-state index in [1.165, 1.54) is 6.08 Å². The highest BCUT2D eigenvalue weighted by Crippen LogP contribution is 2.21. The molecule has 98 valence electrons. The second kappa shape index (κ2) is 8.11. The SMILES string of the molecule is COCCONC(=O)/C=C/c1ccc(Cl)cc1Cl. The molecule has 1 rings (SSSR count). The average molecular weight is 290 g/mol. The van der Waals surface area contributed by atoms with Crippen LogP contribution in [0.5, 0.6) is 0 Å². The van der Waals surface area contributed by atoms with Gasteiger partial charge in [0.25, 0.3) is 5.91 Å². The zero-order chi connectivity index (χ0) is 13.4. The molecule has 0 bridgehead atoms. The van der Waals surface area contributed by atoms with E-state index in [2.05, 4.69) is 5.48 Å². The van der Waals surface area contributed by atoms with E-state index >= 15 is 0 Å².